The molecule has 4 heteroatoms. The second-order valence-electron chi connectivity index (χ2n) is 4.89. The maximum atomic E-state index is 12.0. The Bertz CT molecular complexity index is 768. The predicted octanol–water partition coefficient (Wildman–Crippen LogP) is 2.87. The van der Waals surface area contributed by atoms with Crippen LogP contribution in [-0.4, -0.2) is 9.97 Å². The summed E-state index contributed by atoms with van der Waals surface area (Å²) >= 11 is 0. The van der Waals surface area contributed by atoms with Crippen molar-refractivity contribution < 1.29 is 4.42 Å². The zero-order chi connectivity index (χ0) is 12.7. The number of fused-ring (bicyclic) bond motifs is 3. The van der Waals surface area contributed by atoms with E-state index < -0.39 is 0 Å². The van der Waals surface area contributed by atoms with Crippen LogP contribution in [0.1, 0.15) is 19.7 Å². The zero-order valence-electron chi connectivity index (χ0n) is 10.4. The van der Waals surface area contributed by atoms with Gasteiger partial charge in [-0.15, -0.1) is 0 Å². The summed E-state index contributed by atoms with van der Waals surface area (Å²) in [4.78, 5) is 19.3. The molecule has 0 unspecified atom stereocenters. The minimum absolute atomic E-state index is 0.202. The molecule has 0 radical (unpaired) electrons. The minimum Gasteiger partial charge on any atom is -0.449 e. The monoisotopic (exact) mass is 242 g/mol. The smallest absolute Gasteiger partial charge is 0.294 e. The molecule has 3 rings (SSSR count). The Morgan fingerprint density at radius 3 is 2.89 bits per heavy atom. The van der Waals surface area contributed by atoms with Crippen molar-refractivity contribution in [1.29, 1.82) is 0 Å². The lowest BCUT2D eigenvalue weighted by atomic mass is 10.1. The van der Waals surface area contributed by atoms with Gasteiger partial charge in [0.15, 0.2) is 0 Å². The van der Waals surface area contributed by atoms with Crippen LogP contribution in [0.2, 0.25) is 0 Å². The Kier molecular flexibility index (Phi) is 2.44. The number of nitrogens with one attached hydrogen (secondary N) is 1. The fraction of sp³-hybridized carbons (Fsp3) is 0.286. The topological polar surface area (TPSA) is 58.9 Å². The molecule has 0 atom stereocenters. The molecular weight excluding hydrogens is 228 g/mol. The molecule has 0 fully saturated rings. The van der Waals surface area contributed by atoms with Crippen molar-refractivity contribution >= 4 is 22.1 Å². The standard InChI is InChI=1S/C14H14N2O2/c1-8(2)7-11-15-12-9-5-3-4-6-10(9)18-13(12)14(17)16-11/h3-6,8H,7H2,1-2H3,(H,15,16,17). The van der Waals surface area contributed by atoms with E-state index in [4.69, 9.17) is 4.42 Å². The molecule has 3 aromatic rings. The van der Waals surface area contributed by atoms with Crippen LogP contribution >= 0.6 is 0 Å². The van der Waals surface area contributed by atoms with E-state index in [0.29, 0.717) is 28.4 Å². The molecule has 0 aliphatic heterocycles. The van der Waals surface area contributed by atoms with E-state index in [0.717, 1.165) is 11.8 Å². The first-order chi connectivity index (χ1) is 8.65. The maximum Gasteiger partial charge on any atom is 0.294 e. The number of aromatic amines is 1. The molecule has 0 aliphatic carbocycles. The average molecular weight is 242 g/mol. The van der Waals surface area contributed by atoms with Gasteiger partial charge in [-0.1, -0.05) is 26.0 Å². The van der Waals surface area contributed by atoms with Crippen LogP contribution in [0, 0.1) is 5.92 Å². The zero-order valence-corrected chi connectivity index (χ0v) is 10.4. The van der Waals surface area contributed by atoms with E-state index in [1.165, 1.54) is 0 Å². The Balaban J connectivity index is 2.33. The van der Waals surface area contributed by atoms with Gasteiger partial charge in [0.1, 0.15) is 16.9 Å². The minimum atomic E-state index is -0.202. The first kappa shape index (κ1) is 11.0. The third-order valence-corrected chi connectivity index (χ3v) is 2.88. The fourth-order valence-corrected chi connectivity index (χ4v) is 2.13. The molecule has 0 bridgehead atoms. The van der Waals surface area contributed by atoms with Gasteiger partial charge in [0.05, 0.1) is 0 Å². The normalized spacial score (nSPS) is 11.7. The highest BCUT2D eigenvalue weighted by Gasteiger charge is 2.13. The molecule has 0 amide bonds. The molecular formula is C14H14N2O2. The van der Waals surface area contributed by atoms with Crippen LogP contribution in [-0.2, 0) is 6.42 Å². The van der Waals surface area contributed by atoms with E-state index in [1.54, 1.807) is 0 Å². The number of nitrogens with zero attached hydrogens (tertiary/aromatic N) is 1. The molecule has 1 aromatic carbocycles. The number of furan rings is 1. The van der Waals surface area contributed by atoms with Crippen LogP contribution in [0.4, 0.5) is 0 Å². The third-order valence-electron chi connectivity index (χ3n) is 2.88. The Labute approximate surface area is 104 Å². The van der Waals surface area contributed by atoms with E-state index in [-0.39, 0.29) is 5.56 Å². The summed E-state index contributed by atoms with van der Waals surface area (Å²) in [7, 11) is 0. The highest BCUT2D eigenvalue weighted by Crippen LogP contribution is 2.24. The van der Waals surface area contributed by atoms with Crippen LogP contribution < -0.4 is 5.56 Å². The number of hydrogen-bond acceptors (Lipinski definition) is 3. The van der Waals surface area contributed by atoms with Crippen molar-refractivity contribution in [1.82, 2.24) is 9.97 Å². The fourth-order valence-electron chi connectivity index (χ4n) is 2.13. The molecule has 92 valence electrons. The summed E-state index contributed by atoms with van der Waals surface area (Å²) in [5.41, 5.74) is 1.47. The molecule has 2 aromatic heterocycles. The van der Waals surface area contributed by atoms with Crippen molar-refractivity contribution in [2.24, 2.45) is 5.92 Å². The van der Waals surface area contributed by atoms with E-state index in [9.17, 15) is 4.79 Å². The van der Waals surface area contributed by atoms with Gasteiger partial charge in [0.2, 0.25) is 5.58 Å². The summed E-state index contributed by atoms with van der Waals surface area (Å²) in [6, 6.07) is 7.57. The van der Waals surface area contributed by atoms with Crippen LogP contribution in [0.25, 0.3) is 22.1 Å². The van der Waals surface area contributed by atoms with Crippen molar-refractivity contribution in [3.8, 4) is 0 Å². The van der Waals surface area contributed by atoms with Crippen LogP contribution in [0.15, 0.2) is 33.5 Å². The number of hydrogen-bond donors (Lipinski definition) is 1. The van der Waals surface area contributed by atoms with Gasteiger partial charge in [-0.3, -0.25) is 4.79 Å². The molecule has 1 N–H and O–H groups in total. The number of para-hydroxylation sites is 1. The van der Waals surface area contributed by atoms with Crippen molar-refractivity contribution in [3.63, 3.8) is 0 Å². The second kappa shape index (κ2) is 3.98. The molecule has 0 aliphatic rings. The second-order valence-corrected chi connectivity index (χ2v) is 4.89. The summed E-state index contributed by atoms with van der Waals surface area (Å²) < 4.78 is 5.54. The number of H-pyrrole nitrogens is 1. The lowest BCUT2D eigenvalue weighted by Gasteiger charge is -2.02. The predicted molar refractivity (Wildman–Crippen MR) is 70.7 cm³/mol. The van der Waals surface area contributed by atoms with Crippen LogP contribution in [0.3, 0.4) is 0 Å². The Morgan fingerprint density at radius 1 is 1.33 bits per heavy atom. The molecule has 4 nitrogen and oxygen atoms in total. The highest BCUT2D eigenvalue weighted by atomic mass is 16.3. The lowest BCUT2D eigenvalue weighted by Crippen LogP contribution is -2.12. The molecule has 2 heterocycles. The maximum absolute atomic E-state index is 12.0. The summed E-state index contributed by atoms with van der Waals surface area (Å²) in [5.74, 6) is 1.16. The molecule has 18 heavy (non-hydrogen) atoms. The Morgan fingerprint density at radius 2 is 2.11 bits per heavy atom. The van der Waals surface area contributed by atoms with Crippen LogP contribution in [0.5, 0.6) is 0 Å². The Hall–Kier alpha value is -2.10. The van der Waals surface area contributed by atoms with E-state index in [1.807, 2.05) is 24.3 Å². The van der Waals surface area contributed by atoms with Gasteiger partial charge in [0, 0.05) is 11.8 Å². The quantitative estimate of drug-likeness (QED) is 0.751. The summed E-state index contributed by atoms with van der Waals surface area (Å²) in [6.07, 6.45) is 0.755. The number of benzene rings is 1. The van der Waals surface area contributed by atoms with Gasteiger partial charge in [0.25, 0.3) is 5.56 Å². The molecule has 0 saturated carbocycles. The largest absolute Gasteiger partial charge is 0.449 e. The average Bonchev–Trinajstić information content (AvgIpc) is 2.68. The number of rotatable bonds is 2. The van der Waals surface area contributed by atoms with Crippen molar-refractivity contribution in [2.45, 2.75) is 20.3 Å². The summed E-state index contributed by atoms with van der Waals surface area (Å²) in [5, 5.41) is 0.892. The van der Waals surface area contributed by atoms with Gasteiger partial charge in [-0.05, 0) is 18.1 Å². The molecule has 0 spiro atoms. The lowest BCUT2D eigenvalue weighted by molar-refractivity contribution is 0.616. The SMILES string of the molecule is CC(C)Cc1nc2c(oc3ccccc32)c(=O)[nH]1. The van der Waals surface area contributed by atoms with Gasteiger partial charge in [-0.2, -0.15) is 0 Å². The van der Waals surface area contributed by atoms with Crippen molar-refractivity contribution in [3.05, 3.63) is 40.4 Å². The van der Waals surface area contributed by atoms with E-state index >= 15 is 0 Å². The van der Waals surface area contributed by atoms with Gasteiger partial charge < -0.3 is 9.40 Å². The van der Waals surface area contributed by atoms with Gasteiger partial charge in [-0.25, -0.2) is 4.98 Å². The van der Waals surface area contributed by atoms with Gasteiger partial charge >= 0.3 is 0 Å². The first-order valence-electron chi connectivity index (χ1n) is 6.05. The first-order valence-corrected chi connectivity index (χ1v) is 6.05. The van der Waals surface area contributed by atoms with E-state index in [2.05, 4.69) is 23.8 Å². The molecule has 0 saturated heterocycles. The highest BCUT2D eigenvalue weighted by molar-refractivity contribution is 6.01. The van der Waals surface area contributed by atoms with Crippen molar-refractivity contribution in [2.75, 3.05) is 0 Å². The number of aromatic nitrogens is 2. The third kappa shape index (κ3) is 1.70. The summed E-state index contributed by atoms with van der Waals surface area (Å²) in [6.45, 7) is 4.19.